The Balaban J connectivity index is 2.10. The van der Waals surface area contributed by atoms with E-state index in [1.165, 1.54) is 5.56 Å². The van der Waals surface area contributed by atoms with E-state index in [1.54, 1.807) is 0 Å². The van der Waals surface area contributed by atoms with Crippen LogP contribution in [0.4, 0.5) is 0 Å². The topological polar surface area (TPSA) is 43.8 Å². The molecule has 4 heteroatoms. The summed E-state index contributed by atoms with van der Waals surface area (Å²) in [4.78, 5) is 0. The lowest BCUT2D eigenvalue weighted by atomic mass is 9.94. The first-order chi connectivity index (χ1) is 9.63. The molecule has 108 valence electrons. The molecular weight excluding hydrogens is 314 g/mol. The average molecular weight is 336 g/mol. The van der Waals surface area contributed by atoms with E-state index in [2.05, 4.69) is 71.4 Å². The molecule has 2 atom stereocenters. The summed E-state index contributed by atoms with van der Waals surface area (Å²) in [6.07, 6.45) is 4.05. The summed E-state index contributed by atoms with van der Waals surface area (Å²) in [7, 11) is 0. The quantitative estimate of drug-likeness (QED) is 0.869. The molecule has 0 fully saturated rings. The second kappa shape index (κ2) is 7.04. The van der Waals surface area contributed by atoms with Gasteiger partial charge in [-0.25, -0.2) is 0 Å². The lowest BCUT2D eigenvalue weighted by molar-refractivity contribution is 0.471. The van der Waals surface area contributed by atoms with Crippen molar-refractivity contribution >= 4 is 15.9 Å². The molecule has 2 N–H and O–H groups in total. The predicted molar refractivity (Wildman–Crippen MR) is 86.9 cm³/mol. The third-order valence-corrected chi connectivity index (χ3v) is 4.32. The highest BCUT2D eigenvalue weighted by Gasteiger charge is 2.13. The van der Waals surface area contributed by atoms with Gasteiger partial charge in [-0.1, -0.05) is 35.0 Å². The molecule has 0 saturated carbocycles. The highest BCUT2D eigenvalue weighted by molar-refractivity contribution is 9.10. The van der Waals surface area contributed by atoms with Gasteiger partial charge < -0.3 is 5.73 Å². The zero-order valence-corrected chi connectivity index (χ0v) is 13.7. The maximum atomic E-state index is 5.94. The molecule has 2 unspecified atom stereocenters. The second-order valence-corrected chi connectivity index (χ2v) is 6.15. The SMILES string of the molecule is CCC(C)n1ccc(CC(CN)c2ccc(Br)cc2)n1. The zero-order valence-electron chi connectivity index (χ0n) is 12.1. The van der Waals surface area contributed by atoms with E-state index >= 15 is 0 Å². The molecule has 0 bridgehead atoms. The van der Waals surface area contributed by atoms with Crippen LogP contribution in [0, 0.1) is 0 Å². The van der Waals surface area contributed by atoms with Gasteiger partial charge in [-0.2, -0.15) is 5.10 Å². The third-order valence-electron chi connectivity index (χ3n) is 3.79. The van der Waals surface area contributed by atoms with Crippen LogP contribution in [-0.4, -0.2) is 16.3 Å². The molecule has 0 saturated heterocycles. The summed E-state index contributed by atoms with van der Waals surface area (Å²) in [5, 5.41) is 4.66. The molecule has 0 aliphatic carbocycles. The van der Waals surface area contributed by atoms with Crippen LogP contribution in [0.3, 0.4) is 0 Å². The summed E-state index contributed by atoms with van der Waals surface area (Å²) >= 11 is 3.46. The fourth-order valence-corrected chi connectivity index (χ4v) is 2.51. The van der Waals surface area contributed by atoms with Crippen LogP contribution < -0.4 is 5.73 Å². The Labute approximate surface area is 129 Å². The summed E-state index contributed by atoms with van der Waals surface area (Å²) < 4.78 is 3.14. The minimum Gasteiger partial charge on any atom is -0.330 e. The highest BCUT2D eigenvalue weighted by atomic mass is 79.9. The maximum absolute atomic E-state index is 5.94. The first kappa shape index (κ1) is 15.3. The maximum Gasteiger partial charge on any atom is 0.0631 e. The van der Waals surface area contributed by atoms with E-state index in [0.717, 1.165) is 23.0 Å². The van der Waals surface area contributed by atoms with Gasteiger partial charge in [-0.05, 0) is 50.1 Å². The molecule has 2 aromatic rings. The summed E-state index contributed by atoms with van der Waals surface area (Å²) in [5.74, 6) is 0.323. The van der Waals surface area contributed by atoms with Crippen molar-refractivity contribution in [1.29, 1.82) is 0 Å². The zero-order chi connectivity index (χ0) is 14.5. The normalized spacial score (nSPS) is 14.2. The van der Waals surface area contributed by atoms with E-state index in [0.29, 0.717) is 18.5 Å². The van der Waals surface area contributed by atoms with Crippen LogP contribution >= 0.6 is 15.9 Å². The van der Waals surface area contributed by atoms with E-state index in [4.69, 9.17) is 5.73 Å². The number of benzene rings is 1. The number of nitrogens with zero attached hydrogens (tertiary/aromatic N) is 2. The Kier molecular flexibility index (Phi) is 5.38. The van der Waals surface area contributed by atoms with E-state index in [9.17, 15) is 0 Å². The number of rotatable bonds is 6. The third kappa shape index (κ3) is 3.70. The Hall–Kier alpha value is -1.13. The van der Waals surface area contributed by atoms with Gasteiger partial charge in [0.1, 0.15) is 0 Å². The van der Waals surface area contributed by atoms with Crippen LogP contribution in [0.2, 0.25) is 0 Å². The fourth-order valence-electron chi connectivity index (χ4n) is 2.24. The van der Waals surface area contributed by atoms with Crippen molar-refractivity contribution in [2.24, 2.45) is 5.73 Å². The first-order valence-electron chi connectivity index (χ1n) is 7.13. The van der Waals surface area contributed by atoms with Crippen LogP contribution in [-0.2, 0) is 6.42 Å². The smallest absolute Gasteiger partial charge is 0.0631 e. The molecule has 1 heterocycles. The number of aromatic nitrogens is 2. The summed E-state index contributed by atoms with van der Waals surface area (Å²) in [6.45, 7) is 5.00. The van der Waals surface area contributed by atoms with Gasteiger partial charge in [0, 0.05) is 22.6 Å². The molecule has 3 nitrogen and oxygen atoms in total. The Bertz CT molecular complexity index is 533. The highest BCUT2D eigenvalue weighted by Crippen LogP contribution is 2.22. The van der Waals surface area contributed by atoms with Gasteiger partial charge in [0.25, 0.3) is 0 Å². The van der Waals surface area contributed by atoms with Crippen LogP contribution in [0.5, 0.6) is 0 Å². The predicted octanol–water partition coefficient (Wildman–Crippen LogP) is 3.90. The molecule has 0 aliphatic heterocycles. The van der Waals surface area contributed by atoms with Crippen LogP contribution in [0.1, 0.15) is 43.5 Å². The van der Waals surface area contributed by atoms with Crippen molar-refractivity contribution in [2.45, 2.75) is 38.6 Å². The minimum absolute atomic E-state index is 0.323. The molecular formula is C16H22BrN3. The Morgan fingerprint density at radius 2 is 1.95 bits per heavy atom. The molecule has 1 aromatic carbocycles. The van der Waals surface area contributed by atoms with Gasteiger partial charge in [0.05, 0.1) is 5.69 Å². The standard InChI is InChI=1S/C16H22BrN3/c1-3-12(2)20-9-8-16(19-20)10-14(11-18)13-4-6-15(17)7-5-13/h4-9,12,14H,3,10-11,18H2,1-2H3. The molecule has 0 amide bonds. The van der Waals surface area contributed by atoms with Crippen molar-refractivity contribution in [3.8, 4) is 0 Å². The van der Waals surface area contributed by atoms with Gasteiger partial charge in [0.15, 0.2) is 0 Å². The summed E-state index contributed by atoms with van der Waals surface area (Å²) in [5.41, 5.74) is 8.32. The number of halogens is 1. The van der Waals surface area contributed by atoms with E-state index in [-0.39, 0.29) is 0 Å². The Morgan fingerprint density at radius 1 is 1.25 bits per heavy atom. The molecule has 2 rings (SSSR count). The molecule has 0 aliphatic rings. The number of hydrogen-bond donors (Lipinski definition) is 1. The molecule has 20 heavy (non-hydrogen) atoms. The van der Waals surface area contributed by atoms with Crippen molar-refractivity contribution in [3.63, 3.8) is 0 Å². The van der Waals surface area contributed by atoms with Crippen molar-refractivity contribution < 1.29 is 0 Å². The van der Waals surface area contributed by atoms with E-state index < -0.39 is 0 Å². The Morgan fingerprint density at radius 3 is 2.55 bits per heavy atom. The minimum atomic E-state index is 0.323. The largest absolute Gasteiger partial charge is 0.330 e. The van der Waals surface area contributed by atoms with Crippen LogP contribution in [0.15, 0.2) is 41.0 Å². The van der Waals surface area contributed by atoms with Gasteiger partial charge in [-0.15, -0.1) is 0 Å². The van der Waals surface area contributed by atoms with Gasteiger partial charge in [0.2, 0.25) is 0 Å². The summed E-state index contributed by atoms with van der Waals surface area (Å²) in [6, 6.07) is 11.0. The van der Waals surface area contributed by atoms with Crippen molar-refractivity contribution in [3.05, 3.63) is 52.3 Å². The molecule has 0 radical (unpaired) electrons. The number of hydrogen-bond acceptors (Lipinski definition) is 2. The van der Waals surface area contributed by atoms with Gasteiger partial charge >= 0.3 is 0 Å². The monoisotopic (exact) mass is 335 g/mol. The lowest BCUT2D eigenvalue weighted by Gasteiger charge is -2.14. The van der Waals surface area contributed by atoms with E-state index in [1.807, 2.05) is 4.68 Å². The van der Waals surface area contributed by atoms with Crippen molar-refractivity contribution in [2.75, 3.05) is 6.54 Å². The van der Waals surface area contributed by atoms with Crippen LogP contribution in [0.25, 0.3) is 0 Å². The average Bonchev–Trinajstić information content (AvgIpc) is 2.93. The van der Waals surface area contributed by atoms with Crippen molar-refractivity contribution in [1.82, 2.24) is 9.78 Å². The fraction of sp³-hybridized carbons (Fsp3) is 0.438. The number of nitrogens with two attached hydrogens (primary N) is 1. The molecule has 0 spiro atoms. The molecule has 1 aromatic heterocycles. The van der Waals surface area contributed by atoms with Gasteiger partial charge in [-0.3, -0.25) is 4.68 Å². The second-order valence-electron chi connectivity index (χ2n) is 5.23. The first-order valence-corrected chi connectivity index (χ1v) is 7.93. The lowest BCUT2D eigenvalue weighted by Crippen LogP contribution is -2.15.